The maximum absolute atomic E-state index is 13.4. The van der Waals surface area contributed by atoms with Gasteiger partial charge in [-0.05, 0) is 57.0 Å². The molecule has 0 saturated heterocycles. The third kappa shape index (κ3) is 5.10. The van der Waals surface area contributed by atoms with Crippen molar-refractivity contribution >= 4 is 28.3 Å². The van der Waals surface area contributed by atoms with Crippen LogP contribution < -0.4 is 14.8 Å². The summed E-state index contributed by atoms with van der Waals surface area (Å²) in [7, 11) is -1.58. The Hall–Kier alpha value is -3.30. The van der Waals surface area contributed by atoms with Crippen LogP contribution in [-0.2, 0) is 17.6 Å². The first-order valence-corrected chi connectivity index (χ1v) is 12.1. The van der Waals surface area contributed by atoms with Crippen molar-refractivity contribution in [1.29, 1.82) is 0 Å². The fourth-order valence-electron chi connectivity index (χ4n) is 3.37. The molecule has 2 aromatic carbocycles. The molecule has 0 bridgehead atoms. The molecule has 4 rings (SSSR count). The minimum absolute atomic E-state index is 0.113. The quantitative estimate of drug-likeness (QED) is 0.346. The van der Waals surface area contributed by atoms with Gasteiger partial charge in [-0.3, -0.25) is 13.8 Å². The topological polar surface area (TPSA) is 102 Å². The third-order valence-corrected chi connectivity index (χ3v) is 7.02. The summed E-state index contributed by atoms with van der Waals surface area (Å²) >= 11 is 6.40. The van der Waals surface area contributed by atoms with Gasteiger partial charge in [-0.25, -0.2) is 9.00 Å². The van der Waals surface area contributed by atoms with Crippen molar-refractivity contribution in [2.75, 3.05) is 4.31 Å². The highest BCUT2D eigenvalue weighted by Crippen LogP contribution is 2.37. The number of ether oxygens (including phenoxy) is 1. The molecular formula is C24H24ClN3O5S. The smallest absolute Gasteiger partial charge is 0.439 e. The molecule has 0 radical (unpaired) electrons. The van der Waals surface area contributed by atoms with Crippen LogP contribution >= 0.6 is 11.6 Å². The average Bonchev–Trinajstić information content (AvgIpc) is 3.43. The minimum atomic E-state index is -1.58. The second-order valence-electron chi connectivity index (χ2n) is 8.03. The molecule has 8 nitrogen and oxygen atoms in total. The summed E-state index contributed by atoms with van der Waals surface area (Å²) in [6, 6.07) is 14.3. The molecule has 1 atom stereocenters. The Kier molecular flexibility index (Phi) is 6.95. The largest absolute Gasteiger partial charge is 0.487 e. The van der Waals surface area contributed by atoms with Crippen LogP contribution in [0.15, 0.2) is 67.4 Å². The van der Waals surface area contributed by atoms with Gasteiger partial charge in [-0.2, -0.15) is 0 Å². The highest BCUT2D eigenvalue weighted by molar-refractivity contribution is 7.86. The summed E-state index contributed by atoms with van der Waals surface area (Å²) < 4.78 is 31.5. The van der Waals surface area contributed by atoms with Gasteiger partial charge in [0.15, 0.2) is 16.8 Å². The van der Waals surface area contributed by atoms with Crippen LogP contribution in [0.1, 0.15) is 30.7 Å². The van der Waals surface area contributed by atoms with Gasteiger partial charge >= 0.3 is 5.76 Å². The molecule has 2 heterocycles. The van der Waals surface area contributed by atoms with Crippen LogP contribution in [0, 0.1) is 13.8 Å². The number of aryl methyl sites for hydroxylation is 2. The molecule has 178 valence electrons. The standard InChI is InChI=1S/C24H24ClN3O5S/c1-14(2)28(34(30)22-10-5-16(4)32-22)20-11-15(3)19(25)12-21(20)31-13-17-6-8-18(9-7-17)23-26-24(29)33-27-23/h5-12,14H,13H2,1-4H3,(H,26,27,29). The van der Waals surface area contributed by atoms with Gasteiger partial charge in [0.2, 0.25) is 5.09 Å². The lowest BCUT2D eigenvalue weighted by Crippen LogP contribution is -2.33. The van der Waals surface area contributed by atoms with E-state index in [1.807, 2.05) is 58.0 Å². The number of rotatable bonds is 8. The van der Waals surface area contributed by atoms with Crippen LogP contribution in [0.2, 0.25) is 5.02 Å². The minimum Gasteiger partial charge on any atom is -0.487 e. The lowest BCUT2D eigenvalue weighted by molar-refractivity contribution is 0.307. The fraction of sp³-hybridized carbons (Fsp3) is 0.250. The number of nitrogens with zero attached hydrogens (tertiary/aromatic N) is 2. The van der Waals surface area contributed by atoms with E-state index in [0.717, 1.165) is 11.1 Å². The van der Waals surface area contributed by atoms with Crippen molar-refractivity contribution in [3.63, 3.8) is 0 Å². The van der Waals surface area contributed by atoms with Crippen molar-refractivity contribution < 1.29 is 17.9 Å². The summed E-state index contributed by atoms with van der Waals surface area (Å²) in [6.45, 7) is 7.86. The van der Waals surface area contributed by atoms with E-state index in [-0.39, 0.29) is 12.6 Å². The summed E-state index contributed by atoms with van der Waals surface area (Å²) in [5, 5.41) is 4.60. The molecule has 10 heteroatoms. The van der Waals surface area contributed by atoms with Gasteiger partial charge in [0.25, 0.3) is 0 Å². The lowest BCUT2D eigenvalue weighted by Gasteiger charge is -2.28. The number of anilines is 1. The molecule has 2 aromatic heterocycles. The molecule has 1 unspecified atom stereocenters. The number of H-pyrrole nitrogens is 1. The number of aromatic amines is 1. The number of benzene rings is 2. The van der Waals surface area contributed by atoms with Crippen LogP contribution in [0.3, 0.4) is 0 Å². The maximum Gasteiger partial charge on any atom is 0.439 e. The summed E-state index contributed by atoms with van der Waals surface area (Å²) in [6.07, 6.45) is 0. The third-order valence-electron chi connectivity index (χ3n) is 5.08. The second-order valence-corrected chi connectivity index (χ2v) is 9.73. The predicted molar refractivity (Wildman–Crippen MR) is 131 cm³/mol. The van der Waals surface area contributed by atoms with Crippen LogP contribution in [0.5, 0.6) is 5.75 Å². The highest BCUT2D eigenvalue weighted by atomic mass is 35.5. The second kappa shape index (κ2) is 9.90. The normalized spacial score (nSPS) is 12.2. The highest BCUT2D eigenvalue weighted by Gasteiger charge is 2.26. The van der Waals surface area contributed by atoms with E-state index in [4.69, 9.17) is 20.8 Å². The first-order valence-electron chi connectivity index (χ1n) is 10.6. The van der Waals surface area contributed by atoms with Gasteiger partial charge < -0.3 is 9.15 Å². The Labute approximate surface area is 204 Å². The molecular weight excluding hydrogens is 478 g/mol. The lowest BCUT2D eigenvalue weighted by atomic mass is 10.1. The number of halogens is 1. The van der Waals surface area contributed by atoms with E-state index >= 15 is 0 Å². The molecule has 1 N–H and O–H groups in total. The number of furan rings is 1. The van der Waals surface area contributed by atoms with Crippen molar-refractivity contribution in [1.82, 2.24) is 10.1 Å². The van der Waals surface area contributed by atoms with E-state index in [2.05, 4.69) is 14.7 Å². The van der Waals surface area contributed by atoms with E-state index in [0.29, 0.717) is 38.7 Å². The summed E-state index contributed by atoms with van der Waals surface area (Å²) in [5.74, 6) is 0.941. The van der Waals surface area contributed by atoms with Gasteiger partial charge in [0, 0.05) is 22.7 Å². The van der Waals surface area contributed by atoms with Crippen LogP contribution in [0.25, 0.3) is 11.4 Å². The Balaban J connectivity index is 1.61. The van der Waals surface area contributed by atoms with E-state index < -0.39 is 16.7 Å². The van der Waals surface area contributed by atoms with E-state index in [1.165, 1.54) is 0 Å². The van der Waals surface area contributed by atoms with Crippen molar-refractivity contribution in [3.05, 3.63) is 81.0 Å². The van der Waals surface area contributed by atoms with Gasteiger partial charge in [-0.1, -0.05) is 41.0 Å². The average molecular weight is 502 g/mol. The molecule has 34 heavy (non-hydrogen) atoms. The van der Waals surface area contributed by atoms with Crippen molar-refractivity contribution in [2.24, 2.45) is 0 Å². The zero-order chi connectivity index (χ0) is 24.4. The summed E-state index contributed by atoms with van der Waals surface area (Å²) in [5.41, 5.74) is 3.09. The molecule has 0 aliphatic rings. The molecule has 4 aromatic rings. The Morgan fingerprint density at radius 1 is 1.15 bits per heavy atom. The van der Waals surface area contributed by atoms with Gasteiger partial charge in [0.05, 0.1) is 5.69 Å². The van der Waals surface area contributed by atoms with E-state index in [1.54, 1.807) is 22.5 Å². The first-order chi connectivity index (χ1) is 16.2. The Bertz CT molecular complexity index is 1370. The Morgan fingerprint density at radius 3 is 2.47 bits per heavy atom. The molecule has 0 aliphatic carbocycles. The zero-order valence-corrected chi connectivity index (χ0v) is 20.7. The van der Waals surface area contributed by atoms with E-state index in [9.17, 15) is 9.00 Å². The number of hydrogen-bond donors (Lipinski definition) is 1. The SMILES string of the molecule is Cc1ccc(S(=O)N(c2cc(C)c(Cl)cc2OCc2ccc(-c3noc(=O)[nH]3)cc2)C(C)C)o1. The van der Waals surface area contributed by atoms with Crippen LogP contribution in [0.4, 0.5) is 5.69 Å². The summed E-state index contributed by atoms with van der Waals surface area (Å²) in [4.78, 5) is 13.7. The predicted octanol–water partition coefficient (Wildman–Crippen LogP) is 5.41. The fourth-order valence-corrected chi connectivity index (χ4v) is 4.81. The molecule has 0 fully saturated rings. The number of hydrogen-bond acceptors (Lipinski definition) is 6. The monoisotopic (exact) mass is 501 g/mol. The number of aromatic nitrogens is 2. The maximum atomic E-state index is 13.4. The molecule has 0 saturated carbocycles. The van der Waals surface area contributed by atoms with Crippen molar-refractivity contribution in [3.8, 4) is 17.1 Å². The number of nitrogens with one attached hydrogen (secondary N) is 1. The first kappa shape index (κ1) is 23.8. The van der Waals surface area contributed by atoms with Gasteiger partial charge in [-0.15, -0.1) is 0 Å². The zero-order valence-electron chi connectivity index (χ0n) is 19.1. The molecule has 0 amide bonds. The molecule has 0 spiro atoms. The molecule has 0 aliphatic heterocycles. The van der Waals surface area contributed by atoms with Crippen LogP contribution in [-0.4, -0.2) is 20.4 Å². The van der Waals surface area contributed by atoms with Gasteiger partial charge in [0.1, 0.15) is 18.1 Å². The van der Waals surface area contributed by atoms with Crippen molar-refractivity contribution in [2.45, 2.75) is 45.4 Å². The Morgan fingerprint density at radius 2 is 1.88 bits per heavy atom.